The minimum atomic E-state index is 0.653. The van der Waals surface area contributed by atoms with E-state index in [1.165, 1.54) is 0 Å². The Hall–Kier alpha value is -3.28. The van der Waals surface area contributed by atoms with Crippen LogP contribution in [0, 0.1) is 0 Å². The van der Waals surface area contributed by atoms with E-state index < -0.39 is 0 Å². The van der Waals surface area contributed by atoms with Crippen LogP contribution in [0.1, 0.15) is 0 Å². The molecule has 122 valence electrons. The normalized spacial score (nSPS) is 10.4. The minimum Gasteiger partial charge on any atom is -0.397 e. The van der Waals surface area contributed by atoms with Crippen molar-refractivity contribution in [3.05, 3.63) is 60.9 Å². The lowest BCUT2D eigenvalue weighted by Crippen LogP contribution is -2.13. The molecule has 1 aromatic carbocycles. The Kier molecular flexibility index (Phi) is 4.20. The zero-order valence-electron chi connectivity index (χ0n) is 13.7. The Labute approximate surface area is 141 Å². The van der Waals surface area contributed by atoms with Gasteiger partial charge in [-0.2, -0.15) is 0 Å². The molecule has 0 aliphatic carbocycles. The number of nitrogens with two attached hydrogens (primary N) is 2. The zero-order chi connectivity index (χ0) is 17.1. The summed E-state index contributed by atoms with van der Waals surface area (Å²) in [6, 6.07) is 15.6. The van der Waals surface area contributed by atoms with Crippen LogP contribution in [0.4, 0.5) is 34.4 Å². The fourth-order valence-corrected chi connectivity index (χ4v) is 2.36. The van der Waals surface area contributed by atoms with Crippen molar-refractivity contribution in [3.8, 4) is 0 Å². The summed E-state index contributed by atoms with van der Waals surface area (Å²) in [7, 11) is 3.94. The summed E-state index contributed by atoms with van der Waals surface area (Å²) in [4.78, 5) is 12.7. The Morgan fingerprint density at radius 2 is 1.00 bits per heavy atom. The van der Waals surface area contributed by atoms with Crippen LogP contribution in [0.2, 0.25) is 0 Å². The maximum atomic E-state index is 5.68. The Morgan fingerprint density at radius 1 is 0.625 bits per heavy atom. The van der Waals surface area contributed by atoms with E-state index in [-0.39, 0.29) is 0 Å². The van der Waals surface area contributed by atoms with Crippen molar-refractivity contribution < 1.29 is 0 Å². The molecule has 0 radical (unpaired) electrons. The van der Waals surface area contributed by atoms with Crippen molar-refractivity contribution in [1.29, 1.82) is 0 Å². The predicted octanol–water partition coefficient (Wildman–Crippen LogP) is 3.18. The van der Waals surface area contributed by atoms with Crippen molar-refractivity contribution in [2.24, 2.45) is 0 Å². The van der Waals surface area contributed by atoms with E-state index in [2.05, 4.69) is 9.97 Å². The summed E-state index contributed by atoms with van der Waals surface area (Å²) in [6.07, 6.45) is 3.31. The van der Waals surface area contributed by atoms with E-state index in [4.69, 9.17) is 11.5 Å². The number of pyridine rings is 2. The highest BCUT2D eigenvalue weighted by Crippen LogP contribution is 2.27. The molecule has 0 saturated carbocycles. The second kappa shape index (κ2) is 6.45. The van der Waals surface area contributed by atoms with Crippen LogP contribution in [0.3, 0.4) is 0 Å². The van der Waals surface area contributed by atoms with Crippen LogP contribution < -0.4 is 21.3 Å². The lowest BCUT2D eigenvalue weighted by molar-refractivity contribution is 1.11. The number of anilines is 6. The van der Waals surface area contributed by atoms with Crippen molar-refractivity contribution in [2.75, 3.05) is 35.4 Å². The van der Waals surface area contributed by atoms with E-state index in [1.54, 1.807) is 12.4 Å². The highest BCUT2D eigenvalue weighted by atomic mass is 15.2. The number of hydrogen-bond donors (Lipinski definition) is 2. The van der Waals surface area contributed by atoms with Gasteiger partial charge in [-0.25, -0.2) is 9.97 Å². The quantitative estimate of drug-likeness (QED) is 0.768. The van der Waals surface area contributed by atoms with Crippen molar-refractivity contribution in [2.45, 2.75) is 0 Å². The average Bonchev–Trinajstić information content (AvgIpc) is 2.62. The van der Waals surface area contributed by atoms with Crippen molar-refractivity contribution in [3.63, 3.8) is 0 Å². The molecule has 0 aliphatic rings. The number of aromatic nitrogens is 2. The molecular weight excluding hydrogens is 300 g/mol. The van der Waals surface area contributed by atoms with Gasteiger partial charge in [0.25, 0.3) is 0 Å². The molecule has 2 heterocycles. The molecule has 0 fully saturated rings. The fraction of sp³-hybridized carbons (Fsp3) is 0.111. The first-order valence-electron chi connectivity index (χ1n) is 7.55. The highest BCUT2D eigenvalue weighted by Gasteiger charge is 2.08. The van der Waals surface area contributed by atoms with Gasteiger partial charge in [0.2, 0.25) is 0 Å². The third kappa shape index (κ3) is 3.22. The first-order valence-corrected chi connectivity index (χ1v) is 7.55. The zero-order valence-corrected chi connectivity index (χ0v) is 13.7. The van der Waals surface area contributed by atoms with E-state index >= 15 is 0 Å². The predicted molar refractivity (Wildman–Crippen MR) is 99.9 cm³/mol. The molecule has 0 atom stereocenters. The fourth-order valence-electron chi connectivity index (χ4n) is 2.36. The molecule has 4 N–H and O–H groups in total. The number of nitrogens with zero attached hydrogens (tertiary/aromatic N) is 4. The average molecular weight is 320 g/mol. The molecule has 6 nitrogen and oxygen atoms in total. The molecule has 3 aromatic rings. The number of hydrogen-bond acceptors (Lipinski definition) is 6. The number of benzene rings is 1. The highest BCUT2D eigenvalue weighted by molar-refractivity contribution is 5.66. The van der Waals surface area contributed by atoms with Crippen LogP contribution in [0.5, 0.6) is 0 Å². The smallest absolute Gasteiger partial charge is 0.132 e. The summed E-state index contributed by atoms with van der Waals surface area (Å²) in [5.74, 6) is 1.68. The SMILES string of the molecule is CN(c1ccc(N(C)c2ccc(N)cn2)cc1)c1ccc(N)cn1. The topological polar surface area (TPSA) is 84.3 Å². The van der Waals surface area contributed by atoms with Crippen LogP contribution in [-0.4, -0.2) is 24.1 Å². The summed E-state index contributed by atoms with van der Waals surface area (Å²) in [6.45, 7) is 0. The second-order valence-corrected chi connectivity index (χ2v) is 5.53. The van der Waals surface area contributed by atoms with Gasteiger partial charge in [0, 0.05) is 25.5 Å². The largest absolute Gasteiger partial charge is 0.397 e. The molecule has 2 aromatic heterocycles. The van der Waals surface area contributed by atoms with E-state index in [0.717, 1.165) is 23.0 Å². The van der Waals surface area contributed by atoms with E-state index in [9.17, 15) is 0 Å². The molecule has 0 spiro atoms. The maximum Gasteiger partial charge on any atom is 0.132 e. The molecule has 0 saturated heterocycles. The van der Waals surface area contributed by atoms with Gasteiger partial charge in [-0.15, -0.1) is 0 Å². The molecule has 3 rings (SSSR count). The van der Waals surface area contributed by atoms with Gasteiger partial charge in [0.1, 0.15) is 11.6 Å². The van der Waals surface area contributed by atoms with Crippen molar-refractivity contribution in [1.82, 2.24) is 9.97 Å². The summed E-state index contributed by atoms with van der Waals surface area (Å²) >= 11 is 0. The Balaban J connectivity index is 1.79. The molecule has 0 bridgehead atoms. The molecule has 0 amide bonds. The third-order valence-electron chi connectivity index (χ3n) is 3.85. The van der Waals surface area contributed by atoms with Gasteiger partial charge in [-0.05, 0) is 48.5 Å². The lowest BCUT2D eigenvalue weighted by Gasteiger charge is -2.21. The third-order valence-corrected chi connectivity index (χ3v) is 3.85. The Morgan fingerprint density at radius 3 is 1.29 bits per heavy atom. The van der Waals surface area contributed by atoms with Crippen LogP contribution in [0.25, 0.3) is 0 Å². The van der Waals surface area contributed by atoms with Gasteiger partial charge in [-0.3, -0.25) is 0 Å². The first kappa shape index (κ1) is 15.6. The first-order chi connectivity index (χ1) is 11.5. The number of nitrogen functional groups attached to an aromatic ring is 2. The monoisotopic (exact) mass is 320 g/mol. The van der Waals surface area contributed by atoms with E-state index in [0.29, 0.717) is 11.4 Å². The minimum absolute atomic E-state index is 0.653. The van der Waals surface area contributed by atoms with Crippen molar-refractivity contribution >= 4 is 34.4 Å². The summed E-state index contributed by atoms with van der Waals surface area (Å²) < 4.78 is 0. The standard InChI is InChI=1S/C18H20N6/c1-23(17-9-3-13(19)11-21-17)15-5-7-16(8-6-15)24(2)18-10-4-14(20)12-22-18/h3-12H,19-20H2,1-2H3. The maximum absolute atomic E-state index is 5.68. The van der Waals surface area contributed by atoms with Gasteiger partial charge in [0.05, 0.1) is 23.8 Å². The molecule has 0 unspecified atom stereocenters. The van der Waals surface area contributed by atoms with E-state index in [1.807, 2.05) is 72.4 Å². The Bertz CT molecular complexity index is 726. The summed E-state index contributed by atoms with van der Waals surface area (Å²) in [5.41, 5.74) is 14.7. The van der Waals surface area contributed by atoms with Crippen LogP contribution in [-0.2, 0) is 0 Å². The molecule has 24 heavy (non-hydrogen) atoms. The second-order valence-electron chi connectivity index (χ2n) is 5.53. The van der Waals surface area contributed by atoms with Crippen LogP contribution in [0.15, 0.2) is 60.9 Å². The van der Waals surface area contributed by atoms with Gasteiger partial charge in [0.15, 0.2) is 0 Å². The van der Waals surface area contributed by atoms with Gasteiger partial charge in [-0.1, -0.05) is 0 Å². The molecular formula is C18H20N6. The van der Waals surface area contributed by atoms with Crippen LogP contribution >= 0.6 is 0 Å². The number of rotatable bonds is 4. The van der Waals surface area contributed by atoms with Gasteiger partial charge < -0.3 is 21.3 Å². The van der Waals surface area contributed by atoms with Gasteiger partial charge >= 0.3 is 0 Å². The summed E-state index contributed by atoms with van der Waals surface area (Å²) in [5, 5.41) is 0. The molecule has 0 aliphatic heterocycles. The molecule has 6 heteroatoms. The lowest BCUT2D eigenvalue weighted by atomic mass is 10.2.